The molecule has 6 rings (SSSR count). The maximum Gasteiger partial charge on any atom is 0.293 e. The molecule has 2 N–H and O–H groups in total. The van der Waals surface area contributed by atoms with Crippen LogP contribution in [0.25, 0.3) is 22.6 Å². The third-order valence-electron chi connectivity index (χ3n) is 7.40. The van der Waals surface area contributed by atoms with Gasteiger partial charge in [0.1, 0.15) is 11.3 Å². The molecule has 0 spiro atoms. The molecular weight excluding hydrogens is 510 g/mol. The molecule has 0 aromatic carbocycles. The smallest absolute Gasteiger partial charge is 0.293 e. The Bertz CT molecular complexity index is 1890. The largest absolute Gasteiger partial charge is 0.392 e. The van der Waals surface area contributed by atoms with Gasteiger partial charge in [-0.2, -0.15) is 0 Å². The lowest BCUT2D eigenvalue weighted by molar-refractivity contribution is 0.281. The number of pyridine rings is 1. The number of aryl methyl sites for hydroxylation is 1. The lowest BCUT2D eigenvalue weighted by atomic mass is 9.90. The van der Waals surface area contributed by atoms with Gasteiger partial charge in [-0.1, -0.05) is 19.1 Å². The Balaban J connectivity index is 1.44. The highest BCUT2D eigenvalue weighted by molar-refractivity contribution is 5.68. The fourth-order valence-electron chi connectivity index (χ4n) is 5.44. The van der Waals surface area contributed by atoms with Gasteiger partial charge in [0.05, 0.1) is 18.5 Å². The number of anilines is 2. The molecule has 0 aliphatic heterocycles. The first-order chi connectivity index (χ1) is 19.1. The molecule has 0 radical (unpaired) electrons. The highest BCUT2D eigenvalue weighted by Crippen LogP contribution is 2.37. The van der Waals surface area contributed by atoms with Crippen LogP contribution in [0.2, 0.25) is 0 Å². The zero-order chi connectivity index (χ0) is 28.3. The van der Waals surface area contributed by atoms with E-state index in [2.05, 4.69) is 39.4 Å². The minimum absolute atomic E-state index is 0.0577. The molecule has 1 aliphatic carbocycles. The van der Waals surface area contributed by atoms with Crippen molar-refractivity contribution in [1.82, 2.24) is 38.5 Å². The number of aliphatic hydroxyl groups excluding tert-OH is 1. The molecule has 40 heavy (non-hydrogen) atoms. The van der Waals surface area contributed by atoms with Crippen molar-refractivity contribution in [3.8, 4) is 17.1 Å². The van der Waals surface area contributed by atoms with Crippen molar-refractivity contribution < 1.29 is 5.11 Å². The summed E-state index contributed by atoms with van der Waals surface area (Å²) in [5.41, 5.74) is 3.89. The van der Waals surface area contributed by atoms with Crippen LogP contribution in [0.5, 0.6) is 0 Å². The summed E-state index contributed by atoms with van der Waals surface area (Å²) in [5.74, 6) is 0.747. The predicted octanol–water partition coefficient (Wildman–Crippen LogP) is 2.78. The standard InChI is InChI=1S/C28H31N9O3/c1-16(2)37-14-23(32-33-37)31-24-27(40)34(5)13-20(30-24)18-6-7-29-25(19(18)15-38)36-9-8-35-21(26(36)39)10-17-11-28(3,4)12-22(17)35/h6-10,13-14,16,38H,11-12,15H2,1-5H3,(H,30,31). The molecule has 0 saturated heterocycles. The molecule has 1 aliphatic rings. The summed E-state index contributed by atoms with van der Waals surface area (Å²) < 4.78 is 6.49. The highest BCUT2D eigenvalue weighted by atomic mass is 16.3. The van der Waals surface area contributed by atoms with E-state index in [1.54, 1.807) is 42.6 Å². The van der Waals surface area contributed by atoms with E-state index in [1.807, 2.05) is 30.5 Å². The minimum Gasteiger partial charge on any atom is -0.392 e. The van der Waals surface area contributed by atoms with E-state index >= 15 is 0 Å². The van der Waals surface area contributed by atoms with Crippen molar-refractivity contribution in [3.05, 3.63) is 80.6 Å². The van der Waals surface area contributed by atoms with Crippen LogP contribution < -0.4 is 16.4 Å². The summed E-state index contributed by atoms with van der Waals surface area (Å²) in [4.78, 5) is 35.6. The van der Waals surface area contributed by atoms with Crippen LogP contribution in [0.3, 0.4) is 0 Å². The predicted molar refractivity (Wildman–Crippen MR) is 150 cm³/mol. The van der Waals surface area contributed by atoms with Gasteiger partial charge in [0.15, 0.2) is 11.6 Å². The van der Waals surface area contributed by atoms with Gasteiger partial charge in [0, 0.05) is 54.7 Å². The summed E-state index contributed by atoms with van der Waals surface area (Å²) in [5, 5.41) is 21.6. The molecule has 5 aromatic rings. The zero-order valence-corrected chi connectivity index (χ0v) is 23.1. The molecule has 0 fully saturated rings. The zero-order valence-electron chi connectivity index (χ0n) is 23.1. The number of fused-ring (bicyclic) bond motifs is 3. The summed E-state index contributed by atoms with van der Waals surface area (Å²) >= 11 is 0. The van der Waals surface area contributed by atoms with E-state index in [0.717, 1.165) is 18.5 Å². The summed E-state index contributed by atoms with van der Waals surface area (Å²) in [7, 11) is 1.62. The molecule has 12 nitrogen and oxygen atoms in total. The Morgan fingerprint density at radius 1 is 1.12 bits per heavy atom. The second-order valence-corrected chi connectivity index (χ2v) is 11.4. The van der Waals surface area contributed by atoms with Gasteiger partial charge >= 0.3 is 0 Å². The summed E-state index contributed by atoms with van der Waals surface area (Å²) in [6, 6.07) is 3.78. The van der Waals surface area contributed by atoms with Gasteiger partial charge in [-0.3, -0.25) is 14.2 Å². The molecule has 5 aromatic heterocycles. The Morgan fingerprint density at radius 3 is 2.65 bits per heavy atom. The van der Waals surface area contributed by atoms with Crippen LogP contribution in [0.15, 0.2) is 52.7 Å². The first kappa shape index (κ1) is 25.7. The van der Waals surface area contributed by atoms with Crippen LogP contribution in [0.4, 0.5) is 11.6 Å². The second-order valence-electron chi connectivity index (χ2n) is 11.4. The Hall–Kier alpha value is -4.58. The number of hydrogen-bond donors (Lipinski definition) is 2. The van der Waals surface area contributed by atoms with E-state index in [1.165, 1.54) is 14.7 Å². The molecule has 0 unspecified atom stereocenters. The van der Waals surface area contributed by atoms with Crippen LogP contribution in [0, 0.1) is 5.41 Å². The van der Waals surface area contributed by atoms with E-state index in [4.69, 9.17) is 0 Å². The molecular formula is C28H31N9O3. The maximum atomic E-state index is 13.7. The van der Waals surface area contributed by atoms with Gasteiger partial charge in [-0.15, -0.1) is 5.10 Å². The number of aliphatic hydroxyl groups is 1. The van der Waals surface area contributed by atoms with Crippen LogP contribution in [0.1, 0.15) is 50.6 Å². The average molecular weight is 542 g/mol. The van der Waals surface area contributed by atoms with E-state index in [0.29, 0.717) is 34.0 Å². The maximum absolute atomic E-state index is 13.7. The van der Waals surface area contributed by atoms with Crippen molar-refractivity contribution >= 4 is 17.2 Å². The number of hydrogen-bond acceptors (Lipinski definition) is 8. The van der Waals surface area contributed by atoms with Gasteiger partial charge in [0.25, 0.3) is 11.1 Å². The normalized spacial score (nSPS) is 14.3. The molecule has 0 atom stereocenters. The number of rotatable bonds is 6. The molecule has 0 amide bonds. The average Bonchev–Trinajstić information content (AvgIpc) is 3.59. The van der Waals surface area contributed by atoms with Crippen LogP contribution in [-0.2, 0) is 26.5 Å². The number of nitrogens with one attached hydrogen (secondary N) is 1. The first-order valence-corrected chi connectivity index (χ1v) is 13.2. The van der Waals surface area contributed by atoms with Crippen LogP contribution >= 0.6 is 0 Å². The number of nitrogens with zero attached hydrogens (tertiary/aromatic N) is 8. The van der Waals surface area contributed by atoms with E-state index in [9.17, 15) is 14.7 Å². The van der Waals surface area contributed by atoms with Crippen molar-refractivity contribution in [1.29, 1.82) is 0 Å². The SMILES string of the molecule is CC(C)n1cc(Nc2nc(-c3ccnc(-n4ccn5c6c(cc5c4=O)CC(C)(C)C6)c3CO)cn(C)c2=O)nn1. The molecule has 5 heterocycles. The van der Waals surface area contributed by atoms with Crippen molar-refractivity contribution in [2.24, 2.45) is 12.5 Å². The monoisotopic (exact) mass is 541 g/mol. The Morgan fingerprint density at radius 2 is 1.93 bits per heavy atom. The van der Waals surface area contributed by atoms with Gasteiger partial charge in [-0.25, -0.2) is 14.6 Å². The summed E-state index contributed by atoms with van der Waals surface area (Å²) in [6.07, 6.45) is 10.2. The minimum atomic E-state index is -0.391. The Kier molecular flexibility index (Phi) is 5.95. The van der Waals surface area contributed by atoms with Crippen LogP contribution in [-0.4, -0.2) is 43.6 Å². The quantitative estimate of drug-likeness (QED) is 0.335. The lowest BCUT2D eigenvalue weighted by Gasteiger charge is -2.17. The van der Waals surface area contributed by atoms with Gasteiger partial charge in [0.2, 0.25) is 0 Å². The second kappa shape index (κ2) is 9.26. The third kappa shape index (κ3) is 4.20. The van der Waals surface area contributed by atoms with Crippen molar-refractivity contribution in [3.63, 3.8) is 0 Å². The van der Waals surface area contributed by atoms with E-state index in [-0.39, 0.29) is 28.4 Å². The van der Waals surface area contributed by atoms with Crippen molar-refractivity contribution in [2.45, 2.75) is 53.2 Å². The fraction of sp³-hybridized carbons (Fsp3) is 0.357. The van der Waals surface area contributed by atoms with Gasteiger partial charge < -0.3 is 19.4 Å². The lowest BCUT2D eigenvalue weighted by Crippen LogP contribution is -2.23. The van der Waals surface area contributed by atoms with E-state index < -0.39 is 6.61 Å². The third-order valence-corrected chi connectivity index (χ3v) is 7.40. The topological polar surface area (TPSA) is 137 Å². The molecule has 0 bridgehead atoms. The Labute approximate surface area is 229 Å². The first-order valence-electron chi connectivity index (χ1n) is 13.2. The molecule has 0 saturated carbocycles. The van der Waals surface area contributed by atoms with Crippen molar-refractivity contribution in [2.75, 3.05) is 5.32 Å². The number of aromatic nitrogens is 8. The molecule has 206 valence electrons. The highest BCUT2D eigenvalue weighted by Gasteiger charge is 2.31. The van der Waals surface area contributed by atoms with Gasteiger partial charge in [-0.05, 0) is 49.8 Å². The molecule has 12 heteroatoms. The summed E-state index contributed by atoms with van der Waals surface area (Å²) in [6.45, 7) is 8.01. The fourth-order valence-corrected chi connectivity index (χ4v) is 5.44.